The predicted octanol–water partition coefficient (Wildman–Crippen LogP) is 4.91. The van der Waals surface area contributed by atoms with Crippen LogP contribution in [0.2, 0.25) is 0 Å². The highest BCUT2D eigenvalue weighted by molar-refractivity contribution is 6.39. The number of urea groups is 1. The van der Waals surface area contributed by atoms with Gasteiger partial charge in [0.15, 0.2) is 0 Å². The van der Waals surface area contributed by atoms with E-state index in [1.165, 1.54) is 31.4 Å². The summed E-state index contributed by atoms with van der Waals surface area (Å²) in [5.74, 6) is -1.79. The number of imide groups is 2. The molecule has 4 rings (SSSR count). The number of benzene rings is 2. The molecule has 1 N–H and O–H groups in total. The van der Waals surface area contributed by atoms with Gasteiger partial charge in [0, 0.05) is 29.4 Å². The van der Waals surface area contributed by atoms with Gasteiger partial charge in [0.05, 0.1) is 18.3 Å². The first kappa shape index (κ1) is 24.2. The number of hydrogen-bond acceptors (Lipinski definition) is 5. The van der Waals surface area contributed by atoms with Crippen molar-refractivity contribution in [2.24, 2.45) is 0 Å². The van der Waals surface area contributed by atoms with E-state index in [2.05, 4.69) is 37.1 Å². The Kier molecular flexibility index (Phi) is 6.23. The van der Waals surface area contributed by atoms with Crippen LogP contribution in [0.1, 0.15) is 45.2 Å². The molecule has 2 aromatic rings. The number of ether oxygens (including phenoxy) is 1. The molecule has 7 nitrogen and oxygen atoms in total. The maximum atomic E-state index is 13.8. The van der Waals surface area contributed by atoms with E-state index in [-0.39, 0.29) is 16.8 Å². The van der Waals surface area contributed by atoms with Gasteiger partial charge in [-0.3, -0.25) is 14.9 Å². The van der Waals surface area contributed by atoms with Gasteiger partial charge in [0.1, 0.15) is 17.1 Å². The van der Waals surface area contributed by atoms with Crippen molar-refractivity contribution >= 4 is 40.9 Å². The summed E-state index contributed by atoms with van der Waals surface area (Å²) in [5.41, 5.74) is 3.13. The summed E-state index contributed by atoms with van der Waals surface area (Å²) in [6.07, 6.45) is 4.56. The molecule has 0 aliphatic carbocycles. The zero-order valence-electron chi connectivity index (χ0n) is 20.4. The van der Waals surface area contributed by atoms with Crippen molar-refractivity contribution in [2.45, 2.75) is 39.7 Å². The number of anilines is 2. The fraction of sp³-hybridized carbons (Fsp3) is 0.296. The molecule has 2 heterocycles. The molecule has 4 amide bonds. The Morgan fingerprint density at radius 1 is 1.14 bits per heavy atom. The van der Waals surface area contributed by atoms with Gasteiger partial charge in [-0.05, 0) is 63.1 Å². The lowest BCUT2D eigenvalue weighted by atomic mass is 9.87. The number of barbiturate groups is 1. The largest absolute Gasteiger partial charge is 0.496 e. The highest BCUT2D eigenvalue weighted by Crippen LogP contribution is 2.43. The van der Waals surface area contributed by atoms with Crippen molar-refractivity contribution in [3.05, 3.63) is 65.0 Å². The van der Waals surface area contributed by atoms with Crippen LogP contribution in [0.5, 0.6) is 5.75 Å². The van der Waals surface area contributed by atoms with E-state index < -0.39 is 23.7 Å². The van der Waals surface area contributed by atoms with Crippen molar-refractivity contribution in [3.63, 3.8) is 0 Å². The van der Waals surface area contributed by atoms with Gasteiger partial charge < -0.3 is 9.64 Å². The van der Waals surface area contributed by atoms with Crippen LogP contribution in [0.25, 0.3) is 11.6 Å². The molecule has 0 radical (unpaired) electrons. The van der Waals surface area contributed by atoms with Gasteiger partial charge in [-0.15, -0.1) is 0 Å². The number of hydrogen-bond donors (Lipinski definition) is 1. The third-order valence-corrected chi connectivity index (χ3v) is 6.24. The van der Waals surface area contributed by atoms with Crippen molar-refractivity contribution in [1.29, 1.82) is 0 Å². The molecule has 0 spiro atoms. The minimum Gasteiger partial charge on any atom is -0.496 e. The quantitative estimate of drug-likeness (QED) is 0.489. The monoisotopic (exact) mass is 477 g/mol. The minimum absolute atomic E-state index is 0.0273. The van der Waals surface area contributed by atoms with Crippen molar-refractivity contribution in [2.75, 3.05) is 23.5 Å². The molecule has 0 atom stereocenters. The van der Waals surface area contributed by atoms with E-state index in [0.29, 0.717) is 11.3 Å². The second kappa shape index (κ2) is 9.02. The maximum Gasteiger partial charge on any atom is 0.335 e. The smallest absolute Gasteiger partial charge is 0.335 e. The van der Waals surface area contributed by atoms with Gasteiger partial charge in [0.25, 0.3) is 11.8 Å². The topological polar surface area (TPSA) is 79.0 Å². The standard InChI is InChI=1S/C27H28FN3O4/c1-6-10-30-22-14-23(35-5)17(11-20(22)16(2)15-27(30,3)4)12-21-24(32)29-26(34)31(25(21)33)19-9-7-8-18(28)13-19/h7-9,11-15H,6,10H2,1-5H3,(H,29,32,34)/b21-12-. The Morgan fingerprint density at radius 3 is 2.54 bits per heavy atom. The number of methoxy groups -OCH3 is 1. The van der Waals surface area contributed by atoms with E-state index in [1.807, 2.05) is 19.1 Å². The first-order chi connectivity index (χ1) is 16.6. The van der Waals surface area contributed by atoms with Gasteiger partial charge in [0.2, 0.25) is 0 Å². The maximum absolute atomic E-state index is 13.8. The summed E-state index contributed by atoms with van der Waals surface area (Å²) in [6, 6.07) is 7.93. The third-order valence-electron chi connectivity index (χ3n) is 6.24. The summed E-state index contributed by atoms with van der Waals surface area (Å²) >= 11 is 0. The number of nitrogens with one attached hydrogen (secondary N) is 1. The molecule has 2 aliphatic rings. The average Bonchev–Trinajstić information content (AvgIpc) is 2.78. The molecule has 182 valence electrons. The Bertz CT molecular complexity index is 1300. The van der Waals surface area contributed by atoms with Crippen molar-refractivity contribution in [3.8, 4) is 5.75 Å². The highest BCUT2D eigenvalue weighted by atomic mass is 19.1. The zero-order valence-corrected chi connectivity index (χ0v) is 20.4. The number of carbonyl (C=O) groups is 3. The Hall–Kier alpha value is -3.94. The Labute approximate surface area is 203 Å². The van der Waals surface area contributed by atoms with Crippen LogP contribution >= 0.6 is 0 Å². The Balaban J connectivity index is 1.83. The van der Waals surface area contributed by atoms with Crippen LogP contribution in [0.15, 0.2) is 48.0 Å². The number of rotatable bonds is 5. The lowest BCUT2D eigenvalue weighted by molar-refractivity contribution is -0.122. The molecule has 0 aromatic heterocycles. The SMILES string of the molecule is CCCN1c2cc(OC)c(/C=C3/C(=O)NC(=O)N(c4cccc(F)c4)C3=O)cc2C(C)=CC1(C)C. The van der Waals surface area contributed by atoms with Gasteiger partial charge >= 0.3 is 6.03 Å². The number of halogens is 1. The average molecular weight is 478 g/mol. The third kappa shape index (κ3) is 4.32. The van der Waals surface area contributed by atoms with E-state index in [1.54, 1.807) is 0 Å². The van der Waals surface area contributed by atoms with Crippen LogP contribution in [0.3, 0.4) is 0 Å². The molecule has 2 aromatic carbocycles. The van der Waals surface area contributed by atoms with Gasteiger partial charge in [-0.1, -0.05) is 19.1 Å². The molecule has 0 saturated carbocycles. The molecule has 35 heavy (non-hydrogen) atoms. The number of carbonyl (C=O) groups excluding carboxylic acids is 3. The lowest BCUT2D eigenvalue weighted by Crippen LogP contribution is -2.54. The van der Waals surface area contributed by atoms with Gasteiger partial charge in [-0.2, -0.15) is 0 Å². The summed E-state index contributed by atoms with van der Waals surface area (Å²) in [6.45, 7) is 9.30. The summed E-state index contributed by atoms with van der Waals surface area (Å²) in [5, 5.41) is 2.17. The molecule has 1 fully saturated rings. The van der Waals surface area contributed by atoms with Crippen molar-refractivity contribution in [1.82, 2.24) is 5.32 Å². The number of amides is 4. The molecule has 0 unspecified atom stereocenters. The Morgan fingerprint density at radius 2 is 1.89 bits per heavy atom. The molecule has 2 aliphatic heterocycles. The highest BCUT2D eigenvalue weighted by Gasteiger charge is 2.37. The van der Waals surface area contributed by atoms with Crippen LogP contribution in [0, 0.1) is 5.82 Å². The van der Waals surface area contributed by atoms with Crippen LogP contribution in [-0.2, 0) is 9.59 Å². The van der Waals surface area contributed by atoms with Crippen molar-refractivity contribution < 1.29 is 23.5 Å². The van der Waals surface area contributed by atoms with Crippen LogP contribution < -0.4 is 19.9 Å². The number of allylic oxidation sites excluding steroid dienone is 1. The summed E-state index contributed by atoms with van der Waals surface area (Å²) in [7, 11) is 1.52. The molecular weight excluding hydrogens is 449 g/mol. The van der Waals surface area contributed by atoms with E-state index in [4.69, 9.17) is 4.74 Å². The minimum atomic E-state index is -0.934. The van der Waals surface area contributed by atoms with Crippen LogP contribution in [0.4, 0.5) is 20.6 Å². The van der Waals surface area contributed by atoms with E-state index >= 15 is 0 Å². The molecule has 8 heteroatoms. The van der Waals surface area contributed by atoms with E-state index in [9.17, 15) is 18.8 Å². The lowest BCUT2D eigenvalue weighted by Gasteiger charge is -2.43. The predicted molar refractivity (Wildman–Crippen MR) is 134 cm³/mol. The normalized spacial score (nSPS) is 18.4. The molecular formula is C27H28FN3O4. The molecule has 1 saturated heterocycles. The fourth-order valence-corrected chi connectivity index (χ4v) is 4.71. The fourth-order valence-electron chi connectivity index (χ4n) is 4.71. The second-order valence-corrected chi connectivity index (χ2v) is 9.18. The van der Waals surface area contributed by atoms with E-state index in [0.717, 1.165) is 40.8 Å². The van der Waals surface area contributed by atoms with Crippen LogP contribution in [-0.4, -0.2) is 37.0 Å². The summed E-state index contributed by atoms with van der Waals surface area (Å²) < 4.78 is 19.4. The first-order valence-corrected chi connectivity index (χ1v) is 11.4. The second-order valence-electron chi connectivity index (χ2n) is 9.18. The van der Waals surface area contributed by atoms with Gasteiger partial charge in [-0.25, -0.2) is 14.1 Å². The number of nitrogens with zero attached hydrogens (tertiary/aromatic N) is 2. The zero-order chi connectivity index (χ0) is 25.5. The summed E-state index contributed by atoms with van der Waals surface area (Å²) in [4.78, 5) is 41.4. The molecule has 0 bridgehead atoms. The number of fused-ring (bicyclic) bond motifs is 1. The first-order valence-electron chi connectivity index (χ1n) is 11.4.